The highest BCUT2D eigenvalue weighted by Crippen LogP contribution is 2.31. The molecule has 14 heavy (non-hydrogen) atoms. The Kier molecular flexibility index (Phi) is 3.44. The summed E-state index contributed by atoms with van der Waals surface area (Å²) in [7, 11) is 0. The molecule has 0 radical (unpaired) electrons. The lowest BCUT2D eigenvalue weighted by molar-refractivity contribution is 0.400. The van der Waals surface area contributed by atoms with E-state index >= 15 is 0 Å². The number of nitrogens with two attached hydrogens (primary N) is 1. The predicted molar refractivity (Wildman–Crippen MR) is 53.1 cm³/mol. The molecule has 0 fully saturated rings. The van der Waals surface area contributed by atoms with Gasteiger partial charge in [0.05, 0.1) is 4.47 Å². The molecule has 0 heterocycles. The maximum absolute atomic E-state index is 13.2. The largest absolute Gasteiger partial charge is 0.504 e. The first-order valence-corrected chi connectivity index (χ1v) is 4.83. The summed E-state index contributed by atoms with van der Waals surface area (Å²) in [5.41, 5.74) is 5.62. The van der Waals surface area contributed by atoms with Gasteiger partial charge < -0.3 is 10.8 Å². The fourth-order valence-corrected chi connectivity index (χ4v) is 1.58. The van der Waals surface area contributed by atoms with Crippen molar-refractivity contribution in [3.8, 4) is 5.75 Å². The first-order valence-electron chi connectivity index (χ1n) is 4.04. The quantitative estimate of drug-likeness (QED) is 0.807. The normalized spacial score (nSPS) is 12.9. The Bertz CT molecular complexity index is 355. The van der Waals surface area contributed by atoms with E-state index in [4.69, 9.17) is 10.8 Å². The van der Waals surface area contributed by atoms with E-state index in [0.29, 0.717) is 0 Å². The third-order valence-electron chi connectivity index (χ3n) is 1.75. The second-order valence-corrected chi connectivity index (χ2v) is 4.03. The van der Waals surface area contributed by atoms with E-state index in [2.05, 4.69) is 15.9 Å². The summed E-state index contributed by atoms with van der Waals surface area (Å²) in [4.78, 5) is 0. The van der Waals surface area contributed by atoms with Crippen molar-refractivity contribution in [2.45, 2.75) is 19.4 Å². The zero-order chi connectivity index (χ0) is 10.9. The van der Waals surface area contributed by atoms with Crippen molar-refractivity contribution in [3.05, 3.63) is 27.7 Å². The molecule has 3 N–H and O–H groups in total. The van der Waals surface area contributed by atoms with Gasteiger partial charge in [-0.15, -0.1) is 0 Å². The van der Waals surface area contributed by atoms with Gasteiger partial charge in [-0.05, 0) is 40.9 Å². The lowest BCUT2D eigenvalue weighted by Crippen LogP contribution is -2.18. The van der Waals surface area contributed by atoms with Crippen LogP contribution < -0.4 is 5.73 Å². The van der Waals surface area contributed by atoms with Crippen LogP contribution >= 0.6 is 15.9 Å². The number of hydrogen-bond acceptors (Lipinski definition) is 2. The maximum atomic E-state index is 13.2. The summed E-state index contributed by atoms with van der Waals surface area (Å²) in [6, 6.07) is 1.07. The van der Waals surface area contributed by atoms with Crippen LogP contribution in [-0.2, 0) is 6.42 Å². The predicted octanol–water partition coefficient (Wildman–Crippen LogP) is 2.32. The van der Waals surface area contributed by atoms with Crippen LogP contribution in [0.25, 0.3) is 0 Å². The number of phenolic OH excluding ortho intramolecular Hbond substituents is 1. The Morgan fingerprint density at radius 1 is 1.50 bits per heavy atom. The summed E-state index contributed by atoms with van der Waals surface area (Å²) in [5, 5.41) is 9.05. The standard InChI is InChI=1S/C9H10BrF2NO/c1-4(13)2-5-3-6(10)9(14)8(12)7(5)11/h3-4,14H,2,13H2,1H3. The molecule has 0 aliphatic carbocycles. The number of hydrogen-bond donors (Lipinski definition) is 2. The van der Waals surface area contributed by atoms with Crippen molar-refractivity contribution >= 4 is 15.9 Å². The van der Waals surface area contributed by atoms with Crippen LogP contribution in [0.2, 0.25) is 0 Å². The molecule has 0 aliphatic heterocycles. The molecule has 1 aromatic carbocycles. The Labute approximate surface area is 88.9 Å². The molecule has 78 valence electrons. The van der Waals surface area contributed by atoms with Gasteiger partial charge >= 0.3 is 0 Å². The van der Waals surface area contributed by atoms with E-state index in [0.717, 1.165) is 0 Å². The highest BCUT2D eigenvalue weighted by molar-refractivity contribution is 9.10. The number of halogens is 3. The van der Waals surface area contributed by atoms with Gasteiger partial charge in [0.2, 0.25) is 5.82 Å². The molecular weight excluding hydrogens is 256 g/mol. The van der Waals surface area contributed by atoms with E-state index in [9.17, 15) is 8.78 Å². The van der Waals surface area contributed by atoms with Crippen molar-refractivity contribution in [2.75, 3.05) is 0 Å². The zero-order valence-electron chi connectivity index (χ0n) is 7.52. The molecule has 1 rings (SSSR count). The van der Waals surface area contributed by atoms with Crippen LogP contribution in [0, 0.1) is 11.6 Å². The summed E-state index contributed by atoms with van der Waals surface area (Å²) in [6.07, 6.45) is 0.224. The molecule has 1 aromatic rings. The molecular formula is C9H10BrF2NO. The van der Waals surface area contributed by atoms with Crippen molar-refractivity contribution in [1.82, 2.24) is 0 Å². The lowest BCUT2D eigenvalue weighted by Gasteiger charge is -2.09. The Hall–Kier alpha value is -0.680. The molecule has 0 saturated carbocycles. The third kappa shape index (κ3) is 2.22. The molecule has 0 bridgehead atoms. The van der Waals surface area contributed by atoms with Gasteiger partial charge in [0.25, 0.3) is 0 Å². The minimum atomic E-state index is -1.24. The molecule has 0 saturated heterocycles. The van der Waals surface area contributed by atoms with E-state index in [-0.39, 0.29) is 22.5 Å². The Morgan fingerprint density at radius 2 is 2.07 bits per heavy atom. The lowest BCUT2D eigenvalue weighted by atomic mass is 10.1. The molecule has 0 aromatic heterocycles. The number of aromatic hydroxyl groups is 1. The molecule has 2 nitrogen and oxygen atoms in total. The zero-order valence-corrected chi connectivity index (χ0v) is 9.11. The van der Waals surface area contributed by atoms with E-state index in [1.165, 1.54) is 6.07 Å². The SMILES string of the molecule is CC(N)Cc1cc(Br)c(O)c(F)c1F. The highest BCUT2D eigenvalue weighted by atomic mass is 79.9. The smallest absolute Gasteiger partial charge is 0.201 e. The number of benzene rings is 1. The first kappa shape index (κ1) is 11.4. The highest BCUT2D eigenvalue weighted by Gasteiger charge is 2.17. The van der Waals surface area contributed by atoms with Crippen molar-refractivity contribution < 1.29 is 13.9 Å². The first-order chi connectivity index (χ1) is 6.43. The van der Waals surface area contributed by atoms with Crippen LogP contribution in [0.3, 0.4) is 0 Å². The van der Waals surface area contributed by atoms with E-state index in [1.807, 2.05) is 0 Å². The van der Waals surface area contributed by atoms with Crippen molar-refractivity contribution in [3.63, 3.8) is 0 Å². The van der Waals surface area contributed by atoms with Crippen LogP contribution in [0.4, 0.5) is 8.78 Å². The number of rotatable bonds is 2. The van der Waals surface area contributed by atoms with Gasteiger partial charge in [-0.25, -0.2) is 4.39 Å². The van der Waals surface area contributed by atoms with Gasteiger partial charge in [-0.2, -0.15) is 4.39 Å². The maximum Gasteiger partial charge on any atom is 0.201 e. The van der Waals surface area contributed by atoms with Gasteiger partial charge in [-0.3, -0.25) is 0 Å². The molecule has 0 aliphatic rings. The second-order valence-electron chi connectivity index (χ2n) is 3.18. The van der Waals surface area contributed by atoms with Crippen molar-refractivity contribution in [1.29, 1.82) is 0 Å². The fraction of sp³-hybridized carbons (Fsp3) is 0.333. The average Bonchev–Trinajstić information content (AvgIpc) is 2.10. The van der Waals surface area contributed by atoms with Crippen LogP contribution in [0.1, 0.15) is 12.5 Å². The van der Waals surface area contributed by atoms with Gasteiger partial charge in [0.15, 0.2) is 11.6 Å². The average molecular weight is 266 g/mol. The summed E-state index contributed by atoms with van der Waals surface area (Å²) in [6.45, 7) is 1.69. The van der Waals surface area contributed by atoms with E-state index < -0.39 is 17.4 Å². The molecule has 0 amide bonds. The number of phenols is 1. The third-order valence-corrected chi connectivity index (χ3v) is 2.36. The van der Waals surface area contributed by atoms with Gasteiger partial charge in [-0.1, -0.05) is 0 Å². The Balaban J connectivity index is 3.19. The molecule has 1 unspecified atom stereocenters. The topological polar surface area (TPSA) is 46.2 Å². The molecule has 1 atom stereocenters. The summed E-state index contributed by atoms with van der Waals surface area (Å²) < 4.78 is 26.3. The minimum absolute atomic E-state index is 0.132. The Morgan fingerprint density at radius 3 is 2.57 bits per heavy atom. The molecule has 0 spiro atoms. The van der Waals surface area contributed by atoms with Gasteiger partial charge in [0.1, 0.15) is 0 Å². The van der Waals surface area contributed by atoms with Crippen LogP contribution in [0.15, 0.2) is 10.5 Å². The summed E-state index contributed by atoms with van der Waals surface area (Å²) in [5.74, 6) is -2.99. The molecule has 5 heteroatoms. The monoisotopic (exact) mass is 265 g/mol. The van der Waals surface area contributed by atoms with Gasteiger partial charge in [0, 0.05) is 6.04 Å². The minimum Gasteiger partial charge on any atom is -0.504 e. The van der Waals surface area contributed by atoms with Crippen molar-refractivity contribution in [2.24, 2.45) is 5.73 Å². The summed E-state index contributed by atoms with van der Waals surface area (Å²) >= 11 is 2.92. The van der Waals surface area contributed by atoms with Crippen LogP contribution in [-0.4, -0.2) is 11.1 Å². The second kappa shape index (κ2) is 4.23. The van der Waals surface area contributed by atoms with E-state index in [1.54, 1.807) is 6.92 Å². The fourth-order valence-electron chi connectivity index (χ4n) is 1.13. The van der Waals surface area contributed by atoms with Crippen LogP contribution in [0.5, 0.6) is 5.75 Å².